The van der Waals surface area contributed by atoms with Crippen LogP contribution in [0.25, 0.3) is 0 Å². The lowest BCUT2D eigenvalue weighted by Crippen LogP contribution is -2.41. The quantitative estimate of drug-likeness (QED) is 0.899. The van der Waals surface area contributed by atoms with E-state index in [2.05, 4.69) is 10.6 Å². The SMILES string of the molecule is O=C(CNc1cccc(Cl)c1Cl)NC1CCOCC1. The second kappa shape index (κ2) is 6.98. The Labute approximate surface area is 122 Å². The molecule has 0 atom stereocenters. The van der Waals surface area contributed by atoms with Crippen LogP contribution >= 0.6 is 23.2 Å². The molecule has 1 aromatic rings. The zero-order chi connectivity index (χ0) is 13.7. The molecule has 1 heterocycles. The molecule has 1 fully saturated rings. The number of carbonyl (C=O) groups is 1. The first-order valence-electron chi connectivity index (χ1n) is 6.22. The number of hydrogen-bond acceptors (Lipinski definition) is 3. The Hall–Kier alpha value is -0.970. The summed E-state index contributed by atoms with van der Waals surface area (Å²) in [4.78, 5) is 11.8. The van der Waals surface area contributed by atoms with Crippen molar-refractivity contribution in [3.63, 3.8) is 0 Å². The Morgan fingerprint density at radius 3 is 2.79 bits per heavy atom. The minimum Gasteiger partial charge on any atom is -0.381 e. The highest BCUT2D eigenvalue weighted by Crippen LogP contribution is 2.29. The molecule has 4 nitrogen and oxygen atoms in total. The Kier molecular flexibility index (Phi) is 5.31. The second-order valence-corrected chi connectivity index (χ2v) is 5.19. The first-order valence-corrected chi connectivity index (χ1v) is 6.97. The van der Waals surface area contributed by atoms with Crippen molar-refractivity contribution in [1.82, 2.24) is 5.32 Å². The average Bonchev–Trinajstić information content (AvgIpc) is 2.42. The summed E-state index contributed by atoms with van der Waals surface area (Å²) >= 11 is 11.9. The molecule has 0 unspecified atom stereocenters. The van der Waals surface area contributed by atoms with Crippen molar-refractivity contribution in [3.8, 4) is 0 Å². The van der Waals surface area contributed by atoms with Crippen LogP contribution in [0.4, 0.5) is 5.69 Å². The van der Waals surface area contributed by atoms with E-state index in [4.69, 9.17) is 27.9 Å². The van der Waals surface area contributed by atoms with Gasteiger partial charge in [-0.15, -0.1) is 0 Å². The van der Waals surface area contributed by atoms with E-state index in [0.717, 1.165) is 12.8 Å². The Balaban J connectivity index is 1.81. The molecular formula is C13H16Cl2N2O2. The van der Waals surface area contributed by atoms with E-state index in [9.17, 15) is 4.79 Å². The lowest BCUT2D eigenvalue weighted by atomic mass is 10.1. The first kappa shape index (κ1) is 14.4. The van der Waals surface area contributed by atoms with Crippen molar-refractivity contribution in [2.75, 3.05) is 25.1 Å². The third-order valence-corrected chi connectivity index (χ3v) is 3.80. The van der Waals surface area contributed by atoms with Crippen molar-refractivity contribution in [2.45, 2.75) is 18.9 Å². The summed E-state index contributed by atoms with van der Waals surface area (Å²) in [5, 5.41) is 6.85. The van der Waals surface area contributed by atoms with Gasteiger partial charge < -0.3 is 15.4 Å². The van der Waals surface area contributed by atoms with Crippen LogP contribution in [-0.2, 0) is 9.53 Å². The molecule has 1 aromatic carbocycles. The average molecular weight is 303 g/mol. The molecule has 6 heteroatoms. The predicted octanol–water partition coefficient (Wildman–Crippen LogP) is 2.70. The third kappa shape index (κ3) is 4.27. The van der Waals surface area contributed by atoms with Crippen LogP contribution in [0.5, 0.6) is 0 Å². The minimum atomic E-state index is -0.0528. The number of anilines is 1. The zero-order valence-corrected chi connectivity index (χ0v) is 11.9. The maximum absolute atomic E-state index is 11.8. The highest BCUT2D eigenvalue weighted by atomic mass is 35.5. The highest BCUT2D eigenvalue weighted by molar-refractivity contribution is 6.43. The Bertz CT molecular complexity index is 448. The molecule has 2 N–H and O–H groups in total. The van der Waals surface area contributed by atoms with Gasteiger partial charge in [-0.05, 0) is 25.0 Å². The molecule has 1 amide bonds. The van der Waals surface area contributed by atoms with Crippen molar-refractivity contribution < 1.29 is 9.53 Å². The summed E-state index contributed by atoms with van der Waals surface area (Å²) in [5.41, 5.74) is 0.663. The summed E-state index contributed by atoms with van der Waals surface area (Å²) in [5.74, 6) is -0.0528. The van der Waals surface area contributed by atoms with Gasteiger partial charge in [0.1, 0.15) is 0 Å². The fraction of sp³-hybridized carbons (Fsp3) is 0.462. The van der Waals surface area contributed by atoms with E-state index in [1.54, 1.807) is 18.2 Å². The van der Waals surface area contributed by atoms with Crippen LogP contribution in [0.15, 0.2) is 18.2 Å². The molecule has 1 saturated heterocycles. The van der Waals surface area contributed by atoms with Gasteiger partial charge in [0.2, 0.25) is 5.91 Å². The molecule has 104 valence electrons. The van der Waals surface area contributed by atoms with Crippen LogP contribution in [0.2, 0.25) is 10.0 Å². The van der Waals surface area contributed by atoms with Gasteiger partial charge in [-0.1, -0.05) is 29.3 Å². The van der Waals surface area contributed by atoms with Gasteiger partial charge in [-0.25, -0.2) is 0 Å². The summed E-state index contributed by atoms with van der Waals surface area (Å²) < 4.78 is 5.24. The topological polar surface area (TPSA) is 50.4 Å². The Morgan fingerprint density at radius 1 is 1.32 bits per heavy atom. The number of benzene rings is 1. The lowest BCUT2D eigenvalue weighted by Gasteiger charge is -2.23. The van der Waals surface area contributed by atoms with Gasteiger partial charge in [-0.2, -0.15) is 0 Å². The molecule has 19 heavy (non-hydrogen) atoms. The molecule has 0 saturated carbocycles. The van der Waals surface area contributed by atoms with E-state index in [1.165, 1.54) is 0 Å². The fourth-order valence-electron chi connectivity index (χ4n) is 1.94. The molecule has 2 rings (SSSR count). The zero-order valence-electron chi connectivity index (χ0n) is 10.4. The molecule has 0 spiro atoms. The highest BCUT2D eigenvalue weighted by Gasteiger charge is 2.16. The van der Waals surface area contributed by atoms with Crippen LogP contribution in [0.3, 0.4) is 0 Å². The van der Waals surface area contributed by atoms with E-state index in [-0.39, 0.29) is 18.5 Å². The molecule has 0 aromatic heterocycles. The number of halogens is 2. The Morgan fingerprint density at radius 2 is 2.05 bits per heavy atom. The van der Waals surface area contributed by atoms with Gasteiger partial charge in [0.15, 0.2) is 0 Å². The number of hydrogen-bond donors (Lipinski definition) is 2. The summed E-state index contributed by atoms with van der Waals surface area (Å²) in [6.45, 7) is 1.59. The van der Waals surface area contributed by atoms with E-state index < -0.39 is 0 Å². The van der Waals surface area contributed by atoms with Gasteiger partial charge in [0.05, 0.1) is 22.3 Å². The third-order valence-electron chi connectivity index (χ3n) is 2.98. The van der Waals surface area contributed by atoms with Crippen LogP contribution in [0, 0.1) is 0 Å². The van der Waals surface area contributed by atoms with Crippen molar-refractivity contribution in [3.05, 3.63) is 28.2 Å². The van der Waals surface area contributed by atoms with Crippen LogP contribution < -0.4 is 10.6 Å². The summed E-state index contributed by atoms with van der Waals surface area (Å²) in [6.07, 6.45) is 1.73. The van der Waals surface area contributed by atoms with Crippen molar-refractivity contribution >= 4 is 34.8 Å². The maximum Gasteiger partial charge on any atom is 0.239 e. The number of carbonyl (C=O) groups excluding carboxylic acids is 1. The monoisotopic (exact) mass is 302 g/mol. The number of rotatable bonds is 4. The number of ether oxygens (including phenoxy) is 1. The normalized spacial score (nSPS) is 16.1. The minimum absolute atomic E-state index is 0.0528. The number of nitrogens with one attached hydrogen (secondary N) is 2. The van der Waals surface area contributed by atoms with E-state index in [0.29, 0.717) is 28.9 Å². The largest absolute Gasteiger partial charge is 0.381 e. The first-order chi connectivity index (χ1) is 9.16. The fourth-order valence-corrected chi connectivity index (χ4v) is 2.30. The van der Waals surface area contributed by atoms with E-state index >= 15 is 0 Å². The van der Waals surface area contributed by atoms with Gasteiger partial charge in [0.25, 0.3) is 0 Å². The lowest BCUT2D eigenvalue weighted by molar-refractivity contribution is -0.120. The smallest absolute Gasteiger partial charge is 0.239 e. The van der Waals surface area contributed by atoms with Crippen LogP contribution in [0.1, 0.15) is 12.8 Å². The molecule has 0 aliphatic carbocycles. The molecule has 0 radical (unpaired) electrons. The van der Waals surface area contributed by atoms with Crippen molar-refractivity contribution in [1.29, 1.82) is 0 Å². The maximum atomic E-state index is 11.8. The summed E-state index contributed by atoms with van der Waals surface area (Å²) in [7, 11) is 0. The van der Waals surface area contributed by atoms with Crippen LogP contribution in [-0.4, -0.2) is 31.7 Å². The predicted molar refractivity (Wildman–Crippen MR) is 76.9 cm³/mol. The van der Waals surface area contributed by atoms with Gasteiger partial charge in [0, 0.05) is 19.3 Å². The molecule has 1 aliphatic rings. The summed E-state index contributed by atoms with van der Waals surface area (Å²) in [6, 6.07) is 5.48. The standard InChI is InChI=1S/C13H16Cl2N2O2/c14-10-2-1-3-11(13(10)15)16-8-12(18)17-9-4-6-19-7-5-9/h1-3,9,16H,4-8H2,(H,17,18). The van der Waals surface area contributed by atoms with Gasteiger partial charge in [-0.3, -0.25) is 4.79 Å². The molecular weight excluding hydrogens is 287 g/mol. The number of amides is 1. The van der Waals surface area contributed by atoms with Gasteiger partial charge >= 0.3 is 0 Å². The van der Waals surface area contributed by atoms with E-state index in [1.807, 2.05) is 0 Å². The molecule has 1 aliphatic heterocycles. The molecule has 0 bridgehead atoms. The second-order valence-electron chi connectivity index (χ2n) is 4.41. The van der Waals surface area contributed by atoms with Crippen molar-refractivity contribution in [2.24, 2.45) is 0 Å².